The van der Waals surface area contributed by atoms with Crippen molar-refractivity contribution in [2.75, 3.05) is 19.0 Å². The monoisotopic (exact) mass is 394 g/mol. The van der Waals surface area contributed by atoms with Crippen LogP contribution >= 0.6 is 12.4 Å². The minimum atomic E-state index is -0.0654. The standard InChI is InChI=1S/C18H26N6O2.ClH/c1-13-21-22-23-24(13)15-10-14(6-7-16(15)26-2)20-17(25)11-18(12-19)8-4-3-5-9-18;/h6-7,10H,3-5,8-9,11-12,19H2,1-2H3,(H,20,25);1H. The second-order valence-corrected chi connectivity index (χ2v) is 7.01. The average Bonchev–Trinajstić information content (AvgIpc) is 3.08. The quantitative estimate of drug-likeness (QED) is 0.779. The van der Waals surface area contributed by atoms with Crippen LogP contribution in [0.5, 0.6) is 5.75 Å². The molecule has 1 aromatic carbocycles. The van der Waals surface area contributed by atoms with Gasteiger partial charge in [-0.2, -0.15) is 4.68 Å². The highest BCUT2D eigenvalue weighted by Crippen LogP contribution is 2.38. The number of hydrogen-bond acceptors (Lipinski definition) is 6. The van der Waals surface area contributed by atoms with E-state index in [-0.39, 0.29) is 23.7 Å². The van der Waals surface area contributed by atoms with E-state index in [9.17, 15) is 4.79 Å². The Morgan fingerprint density at radius 3 is 2.67 bits per heavy atom. The number of anilines is 1. The second kappa shape index (κ2) is 9.14. The van der Waals surface area contributed by atoms with Crippen LogP contribution in [0.4, 0.5) is 5.69 Å². The number of hydrogen-bond donors (Lipinski definition) is 2. The zero-order chi connectivity index (χ0) is 18.6. The zero-order valence-corrected chi connectivity index (χ0v) is 16.6. The molecular weight excluding hydrogens is 368 g/mol. The van der Waals surface area contributed by atoms with Gasteiger partial charge in [-0.3, -0.25) is 4.79 Å². The lowest BCUT2D eigenvalue weighted by atomic mass is 9.71. The van der Waals surface area contributed by atoms with Crippen LogP contribution in [0.15, 0.2) is 18.2 Å². The summed E-state index contributed by atoms with van der Waals surface area (Å²) >= 11 is 0. The molecule has 1 heterocycles. The Morgan fingerprint density at radius 2 is 2.07 bits per heavy atom. The zero-order valence-electron chi connectivity index (χ0n) is 15.8. The van der Waals surface area contributed by atoms with Crippen LogP contribution in [0.2, 0.25) is 0 Å². The van der Waals surface area contributed by atoms with Gasteiger partial charge < -0.3 is 15.8 Å². The van der Waals surface area contributed by atoms with Crippen molar-refractivity contribution >= 4 is 24.0 Å². The van der Waals surface area contributed by atoms with Crippen LogP contribution in [0.25, 0.3) is 5.69 Å². The second-order valence-electron chi connectivity index (χ2n) is 7.01. The summed E-state index contributed by atoms with van der Waals surface area (Å²) < 4.78 is 6.97. The Kier molecular flexibility index (Phi) is 7.15. The van der Waals surface area contributed by atoms with Crippen LogP contribution in [0.3, 0.4) is 0 Å². The molecule has 0 saturated heterocycles. The number of nitrogens with two attached hydrogens (primary N) is 1. The number of tetrazole rings is 1. The Labute approximate surface area is 165 Å². The summed E-state index contributed by atoms with van der Waals surface area (Å²) in [6, 6.07) is 5.43. The lowest BCUT2D eigenvalue weighted by molar-refractivity contribution is -0.118. The number of halogens is 1. The minimum absolute atomic E-state index is 0. The average molecular weight is 395 g/mol. The molecule has 0 aliphatic heterocycles. The van der Waals surface area contributed by atoms with Gasteiger partial charge in [0, 0.05) is 12.1 Å². The van der Waals surface area contributed by atoms with Gasteiger partial charge in [0.1, 0.15) is 11.4 Å². The molecule has 2 aromatic rings. The fraction of sp³-hybridized carbons (Fsp3) is 0.556. The molecule has 1 aliphatic rings. The summed E-state index contributed by atoms with van der Waals surface area (Å²) in [6.07, 6.45) is 6.03. The van der Waals surface area contributed by atoms with Crippen molar-refractivity contribution in [3.05, 3.63) is 24.0 Å². The van der Waals surface area contributed by atoms with E-state index in [2.05, 4.69) is 20.8 Å². The summed E-state index contributed by atoms with van der Waals surface area (Å²) in [5.41, 5.74) is 7.30. The smallest absolute Gasteiger partial charge is 0.224 e. The van der Waals surface area contributed by atoms with Crippen molar-refractivity contribution in [3.8, 4) is 11.4 Å². The van der Waals surface area contributed by atoms with E-state index in [0.29, 0.717) is 35.9 Å². The number of methoxy groups -OCH3 is 1. The maximum Gasteiger partial charge on any atom is 0.224 e. The highest BCUT2D eigenvalue weighted by Gasteiger charge is 2.33. The maximum absolute atomic E-state index is 12.6. The highest BCUT2D eigenvalue weighted by molar-refractivity contribution is 5.91. The third-order valence-corrected chi connectivity index (χ3v) is 5.20. The number of aryl methyl sites for hydroxylation is 1. The van der Waals surface area contributed by atoms with E-state index < -0.39 is 0 Å². The molecule has 0 atom stereocenters. The summed E-state index contributed by atoms with van der Waals surface area (Å²) in [4.78, 5) is 12.6. The molecule has 0 unspecified atom stereocenters. The van der Waals surface area contributed by atoms with Crippen molar-refractivity contribution in [2.24, 2.45) is 11.1 Å². The molecule has 1 aromatic heterocycles. The highest BCUT2D eigenvalue weighted by atomic mass is 35.5. The molecule has 1 fully saturated rings. The van der Waals surface area contributed by atoms with E-state index >= 15 is 0 Å². The van der Waals surface area contributed by atoms with Gasteiger partial charge in [0.05, 0.1) is 7.11 Å². The molecule has 0 bridgehead atoms. The van der Waals surface area contributed by atoms with Crippen LogP contribution in [0.1, 0.15) is 44.3 Å². The Hall–Kier alpha value is -2.19. The number of rotatable bonds is 6. The Morgan fingerprint density at radius 1 is 1.33 bits per heavy atom. The normalized spacial score (nSPS) is 15.7. The van der Waals surface area contributed by atoms with Crippen molar-refractivity contribution in [2.45, 2.75) is 45.4 Å². The molecule has 148 valence electrons. The van der Waals surface area contributed by atoms with E-state index in [0.717, 1.165) is 25.7 Å². The fourth-order valence-electron chi connectivity index (χ4n) is 3.69. The van der Waals surface area contributed by atoms with Crippen LogP contribution in [-0.4, -0.2) is 39.8 Å². The van der Waals surface area contributed by atoms with Crippen LogP contribution < -0.4 is 15.8 Å². The number of carbonyl (C=O) groups is 1. The SMILES string of the molecule is COc1ccc(NC(=O)CC2(CN)CCCCC2)cc1-n1nnnc1C.Cl. The lowest BCUT2D eigenvalue weighted by Gasteiger charge is -2.35. The topological polar surface area (TPSA) is 108 Å². The van der Waals surface area contributed by atoms with Crippen molar-refractivity contribution in [3.63, 3.8) is 0 Å². The van der Waals surface area contributed by atoms with Crippen molar-refractivity contribution < 1.29 is 9.53 Å². The van der Waals surface area contributed by atoms with E-state index in [4.69, 9.17) is 10.5 Å². The van der Waals surface area contributed by atoms with Gasteiger partial charge in [-0.1, -0.05) is 19.3 Å². The first-order valence-electron chi connectivity index (χ1n) is 9.00. The first-order chi connectivity index (χ1) is 12.6. The molecule has 0 spiro atoms. The van der Waals surface area contributed by atoms with Gasteiger partial charge in [-0.15, -0.1) is 17.5 Å². The Bertz CT molecular complexity index is 773. The number of amides is 1. The van der Waals surface area contributed by atoms with Crippen LogP contribution in [0, 0.1) is 12.3 Å². The number of carbonyl (C=O) groups excluding carboxylic acids is 1. The minimum Gasteiger partial charge on any atom is -0.494 e. The molecule has 1 saturated carbocycles. The third kappa shape index (κ3) is 4.75. The molecule has 1 amide bonds. The summed E-state index contributed by atoms with van der Waals surface area (Å²) in [6.45, 7) is 2.36. The fourth-order valence-corrected chi connectivity index (χ4v) is 3.69. The predicted octanol–water partition coefficient (Wildman–Crippen LogP) is 2.64. The van der Waals surface area contributed by atoms with Crippen molar-refractivity contribution in [1.82, 2.24) is 20.2 Å². The largest absolute Gasteiger partial charge is 0.494 e. The van der Waals surface area contributed by atoms with Crippen LogP contribution in [-0.2, 0) is 4.79 Å². The van der Waals surface area contributed by atoms with E-state index in [1.54, 1.807) is 24.8 Å². The first kappa shape index (κ1) is 21.1. The molecule has 0 radical (unpaired) electrons. The van der Waals surface area contributed by atoms with Gasteiger partial charge in [-0.25, -0.2) is 0 Å². The number of nitrogens with one attached hydrogen (secondary N) is 1. The van der Waals surface area contributed by atoms with E-state index in [1.165, 1.54) is 6.42 Å². The van der Waals surface area contributed by atoms with Gasteiger partial charge in [-0.05, 0) is 60.4 Å². The molecule has 8 nitrogen and oxygen atoms in total. The van der Waals surface area contributed by atoms with Gasteiger partial charge in [0.15, 0.2) is 5.82 Å². The number of nitrogens with zero attached hydrogens (tertiary/aromatic N) is 4. The summed E-state index contributed by atoms with van der Waals surface area (Å²) in [7, 11) is 1.59. The molecule has 1 aliphatic carbocycles. The number of ether oxygens (including phenoxy) is 1. The molecule has 3 N–H and O–H groups in total. The predicted molar refractivity (Wildman–Crippen MR) is 106 cm³/mol. The summed E-state index contributed by atoms with van der Waals surface area (Å²) in [5.74, 6) is 1.25. The third-order valence-electron chi connectivity index (χ3n) is 5.20. The maximum atomic E-state index is 12.6. The molecule has 9 heteroatoms. The molecule has 27 heavy (non-hydrogen) atoms. The summed E-state index contributed by atoms with van der Waals surface area (Å²) in [5, 5.41) is 14.5. The lowest BCUT2D eigenvalue weighted by Crippen LogP contribution is -2.36. The number of aromatic nitrogens is 4. The first-order valence-corrected chi connectivity index (χ1v) is 9.00. The van der Waals surface area contributed by atoms with Gasteiger partial charge in [0.2, 0.25) is 5.91 Å². The molecule has 3 rings (SSSR count). The number of benzene rings is 1. The van der Waals surface area contributed by atoms with Gasteiger partial charge in [0.25, 0.3) is 0 Å². The van der Waals surface area contributed by atoms with E-state index in [1.807, 2.05) is 12.1 Å². The van der Waals surface area contributed by atoms with Crippen molar-refractivity contribution in [1.29, 1.82) is 0 Å². The Balaban J connectivity index is 0.00000261. The molecular formula is C18H27ClN6O2. The van der Waals surface area contributed by atoms with Gasteiger partial charge >= 0.3 is 0 Å².